The molecule has 0 aromatic heterocycles. The Morgan fingerprint density at radius 3 is 2.74 bits per heavy atom. The quantitative estimate of drug-likeness (QED) is 0.545. The monoisotopic (exact) mass is 266 g/mol. The SMILES string of the molecule is CNC(=O)Nc1ccc(CCN)cc1OCCCN. The number of carbonyl (C=O) groups is 1. The third-order valence-electron chi connectivity index (χ3n) is 2.56. The first-order valence-corrected chi connectivity index (χ1v) is 6.36. The van der Waals surface area contributed by atoms with E-state index in [1.165, 1.54) is 0 Å². The maximum Gasteiger partial charge on any atom is 0.319 e. The summed E-state index contributed by atoms with van der Waals surface area (Å²) in [5.74, 6) is 0.642. The minimum Gasteiger partial charge on any atom is -0.491 e. The number of ether oxygens (including phenoxy) is 1. The Kier molecular flexibility index (Phi) is 6.70. The molecule has 0 saturated carbocycles. The molecule has 0 saturated heterocycles. The van der Waals surface area contributed by atoms with E-state index in [1.54, 1.807) is 7.05 Å². The minimum atomic E-state index is -0.282. The molecular weight excluding hydrogens is 244 g/mol. The van der Waals surface area contributed by atoms with E-state index in [0.29, 0.717) is 31.1 Å². The molecule has 0 aliphatic heterocycles. The second kappa shape index (κ2) is 8.34. The molecule has 6 N–H and O–H groups in total. The first-order valence-electron chi connectivity index (χ1n) is 6.36. The Hall–Kier alpha value is -1.79. The second-order valence-corrected chi connectivity index (χ2v) is 4.06. The highest BCUT2D eigenvalue weighted by molar-refractivity contribution is 5.90. The van der Waals surface area contributed by atoms with Gasteiger partial charge in [0, 0.05) is 7.05 Å². The Morgan fingerprint density at radius 1 is 1.32 bits per heavy atom. The smallest absolute Gasteiger partial charge is 0.319 e. The zero-order valence-corrected chi connectivity index (χ0v) is 11.2. The molecule has 1 aromatic carbocycles. The predicted molar refractivity (Wildman–Crippen MR) is 76.4 cm³/mol. The molecule has 0 aliphatic carbocycles. The maximum atomic E-state index is 11.4. The lowest BCUT2D eigenvalue weighted by Gasteiger charge is -2.13. The molecule has 0 fully saturated rings. The summed E-state index contributed by atoms with van der Waals surface area (Å²) in [6, 6.07) is 5.36. The topological polar surface area (TPSA) is 102 Å². The van der Waals surface area contributed by atoms with Crippen molar-refractivity contribution in [1.29, 1.82) is 0 Å². The fourth-order valence-corrected chi connectivity index (χ4v) is 1.56. The maximum absolute atomic E-state index is 11.4. The normalized spacial score (nSPS) is 10.1. The van der Waals surface area contributed by atoms with Crippen molar-refractivity contribution in [3.63, 3.8) is 0 Å². The summed E-state index contributed by atoms with van der Waals surface area (Å²) in [7, 11) is 1.56. The zero-order chi connectivity index (χ0) is 14.1. The van der Waals surface area contributed by atoms with Crippen molar-refractivity contribution in [3.8, 4) is 5.75 Å². The Morgan fingerprint density at radius 2 is 2.11 bits per heavy atom. The van der Waals surface area contributed by atoms with Gasteiger partial charge in [-0.25, -0.2) is 4.79 Å². The molecule has 0 unspecified atom stereocenters. The van der Waals surface area contributed by atoms with Gasteiger partial charge >= 0.3 is 6.03 Å². The molecule has 0 spiro atoms. The Bertz CT molecular complexity index is 410. The molecule has 6 heteroatoms. The number of nitrogens with two attached hydrogens (primary N) is 2. The van der Waals surface area contributed by atoms with Gasteiger partial charge in [-0.3, -0.25) is 0 Å². The van der Waals surface area contributed by atoms with Gasteiger partial charge in [0.25, 0.3) is 0 Å². The number of hydrogen-bond donors (Lipinski definition) is 4. The number of urea groups is 1. The van der Waals surface area contributed by atoms with Crippen LogP contribution < -0.4 is 26.8 Å². The van der Waals surface area contributed by atoms with Crippen molar-refractivity contribution in [1.82, 2.24) is 5.32 Å². The van der Waals surface area contributed by atoms with Crippen molar-refractivity contribution < 1.29 is 9.53 Å². The van der Waals surface area contributed by atoms with Crippen LogP contribution in [0.25, 0.3) is 0 Å². The first-order chi connectivity index (χ1) is 9.21. The Balaban J connectivity index is 2.83. The average molecular weight is 266 g/mol. The van der Waals surface area contributed by atoms with Gasteiger partial charge in [0.05, 0.1) is 12.3 Å². The number of anilines is 1. The van der Waals surface area contributed by atoms with Gasteiger partial charge in [-0.05, 0) is 43.6 Å². The van der Waals surface area contributed by atoms with Gasteiger partial charge in [0.15, 0.2) is 0 Å². The molecule has 19 heavy (non-hydrogen) atoms. The fourth-order valence-electron chi connectivity index (χ4n) is 1.56. The molecule has 0 heterocycles. The van der Waals surface area contributed by atoms with Crippen molar-refractivity contribution in [3.05, 3.63) is 23.8 Å². The highest BCUT2D eigenvalue weighted by atomic mass is 16.5. The van der Waals surface area contributed by atoms with Crippen molar-refractivity contribution in [2.45, 2.75) is 12.8 Å². The largest absolute Gasteiger partial charge is 0.491 e. The van der Waals surface area contributed by atoms with Gasteiger partial charge in [0.2, 0.25) is 0 Å². The number of benzene rings is 1. The van der Waals surface area contributed by atoms with Crippen LogP contribution in [0.3, 0.4) is 0 Å². The highest BCUT2D eigenvalue weighted by Crippen LogP contribution is 2.26. The summed E-state index contributed by atoms with van der Waals surface area (Å²) in [6.07, 6.45) is 1.54. The summed E-state index contributed by atoms with van der Waals surface area (Å²) < 4.78 is 5.65. The third-order valence-corrected chi connectivity index (χ3v) is 2.56. The number of hydrogen-bond acceptors (Lipinski definition) is 4. The fraction of sp³-hybridized carbons (Fsp3) is 0.462. The van der Waals surface area contributed by atoms with Gasteiger partial charge < -0.3 is 26.8 Å². The Labute approximate surface area is 113 Å². The lowest BCUT2D eigenvalue weighted by atomic mass is 10.1. The lowest BCUT2D eigenvalue weighted by Crippen LogP contribution is -2.24. The van der Waals surface area contributed by atoms with Crippen LogP contribution in [0.1, 0.15) is 12.0 Å². The van der Waals surface area contributed by atoms with Crippen molar-refractivity contribution >= 4 is 11.7 Å². The van der Waals surface area contributed by atoms with E-state index in [1.807, 2.05) is 18.2 Å². The molecule has 0 aliphatic rings. The van der Waals surface area contributed by atoms with Crippen LogP contribution in [0.4, 0.5) is 10.5 Å². The van der Waals surface area contributed by atoms with E-state index in [9.17, 15) is 4.79 Å². The minimum absolute atomic E-state index is 0.282. The van der Waals surface area contributed by atoms with Gasteiger partial charge in [0.1, 0.15) is 5.75 Å². The molecule has 2 amide bonds. The molecular formula is C13H22N4O2. The van der Waals surface area contributed by atoms with Crippen molar-refractivity contribution in [2.24, 2.45) is 11.5 Å². The lowest BCUT2D eigenvalue weighted by molar-refractivity contribution is 0.253. The van der Waals surface area contributed by atoms with E-state index in [4.69, 9.17) is 16.2 Å². The second-order valence-electron chi connectivity index (χ2n) is 4.06. The van der Waals surface area contributed by atoms with Crippen LogP contribution in [-0.4, -0.2) is 32.8 Å². The van der Waals surface area contributed by atoms with Crippen LogP contribution in [0.2, 0.25) is 0 Å². The number of nitrogens with one attached hydrogen (secondary N) is 2. The van der Waals surface area contributed by atoms with Crippen LogP contribution in [0.5, 0.6) is 5.75 Å². The molecule has 0 atom stereocenters. The van der Waals surface area contributed by atoms with E-state index in [2.05, 4.69) is 10.6 Å². The summed E-state index contributed by atoms with van der Waals surface area (Å²) in [5.41, 5.74) is 12.7. The zero-order valence-electron chi connectivity index (χ0n) is 11.2. The third kappa shape index (κ3) is 5.15. The first kappa shape index (κ1) is 15.3. The standard InChI is InChI=1S/C13H22N4O2/c1-16-13(18)17-11-4-3-10(5-7-15)9-12(11)19-8-2-6-14/h3-4,9H,2,5-8,14-15H2,1H3,(H2,16,17,18). The number of amides is 2. The van der Waals surface area contributed by atoms with Crippen LogP contribution in [-0.2, 0) is 6.42 Å². The van der Waals surface area contributed by atoms with Crippen LogP contribution in [0, 0.1) is 0 Å². The molecule has 106 valence electrons. The van der Waals surface area contributed by atoms with Gasteiger partial charge in [-0.15, -0.1) is 0 Å². The van der Waals surface area contributed by atoms with Crippen LogP contribution >= 0.6 is 0 Å². The summed E-state index contributed by atoms with van der Waals surface area (Å²) in [6.45, 7) is 1.66. The van der Waals surface area contributed by atoms with E-state index < -0.39 is 0 Å². The number of carbonyl (C=O) groups excluding carboxylic acids is 1. The van der Waals surface area contributed by atoms with Gasteiger partial charge in [-0.1, -0.05) is 6.07 Å². The molecule has 6 nitrogen and oxygen atoms in total. The van der Waals surface area contributed by atoms with Crippen molar-refractivity contribution in [2.75, 3.05) is 32.1 Å². The summed E-state index contributed by atoms with van der Waals surface area (Å²) in [4.78, 5) is 11.4. The highest BCUT2D eigenvalue weighted by Gasteiger charge is 2.08. The van der Waals surface area contributed by atoms with Gasteiger partial charge in [-0.2, -0.15) is 0 Å². The number of rotatable bonds is 7. The van der Waals surface area contributed by atoms with Crippen LogP contribution in [0.15, 0.2) is 18.2 Å². The summed E-state index contributed by atoms with van der Waals surface area (Å²) >= 11 is 0. The van der Waals surface area contributed by atoms with E-state index in [0.717, 1.165) is 18.4 Å². The molecule has 0 radical (unpaired) electrons. The molecule has 0 bridgehead atoms. The molecule has 1 rings (SSSR count). The molecule has 1 aromatic rings. The van der Waals surface area contributed by atoms with E-state index in [-0.39, 0.29) is 6.03 Å². The summed E-state index contributed by atoms with van der Waals surface area (Å²) in [5, 5.41) is 5.22. The average Bonchev–Trinajstić information content (AvgIpc) is 2.42. The van der Waals surface area contributed by atoms with E-state index >= 15 is 0 Å². The predicted octanol–water partition coefficient (Wildman–Crippen LogP) is 0.667.